The zero-order chi connectivity index (χ0) is 18.7. The predicted octanol–water partition coefficient (Wildman–Crippen LogP) is 2.95. The number of nitrogens with one attached hydrogen (secondary N) is 1. The lowest BCUT2D eigenvalue weighted by Gasteiger charge is -2.28. The summed E-state index contributed by atoms with van der Waals surface area (Å²) in [6, 6.07) is 8.31. The van der Waals surface area contributed by atoms with Gasteiger partial charge in [-0.3, -0.25) is 0 Å². The molecule has 2 rings (SSSR count). The van der Waals surface area contributed by atoms with E-state index < -0.39 is 29.3 Å². The summed E-state index contributed by atoms with van der Waals surface area (Å²) in [7, 11) is 0. The van der Waals surface area contributed by atoms with E-state index in [2.05, 4.69) is 5.32 Å². The molecule has 1 aromatic carbocycles. The third-order valence-corrected chi connectivity index (χ3v) is 3.72. The second kappa shape index (κ2) is 7.13. The van der Waals surface area contributed by atoms with Crippen molar-refractivity contribution in [3.63, 3.8) is 0 Å². The molecule has 0 spiro atoms. The van der Waals surface area contributed by atoms with Crippen LogP contribution in [0.4, 0.5) is 9.59 Å². The number of carbonyl (C=O) groups excluding carboxylic acids is 3. The van der Waals surface area contributed by atoms with Crippen molar-refractivity contribution in [1.82, 2.24) is 10.2 Å². The van der Waals surface area contributed by atoms with Gasteiger partial charge in [-0.2, -0.15) is 0 Å². The lowest BCUT2D eigenvalue weighted by Crippen LogP contribution is -2.50. The molecule has 0 radical (unpaired) electrons. The third-order valence-electron chi connectivity index (χ3n) is 3.72. The molecule has 1 aliphatic rings. The summed E-state index contributed by atoms with van der Waals surface area (Å²) in [6.07, 6.45) is -0.713. The van der Waals surface area contributed by atoms with E-state index in [9.17, 15) is 14.4 Å². The number of benzene rings is 1. The monoisotopic (exact) mass is 348 g/mol. The van der Waals surface area contributed by atoms with E-state index in [1.54, 1.807) is 51.1 Å². The van der Waals surface area contributed by atoms with Crippen LogP contribution in [0.25, 0.3) is 0 Å². The Kier molecular flexibility index (Phi) is 5.35. The molecule has 1 aliphatic heterocycles. The summed E-state index contributed by atoms with van der Waals surface area (Å²) >= 11 is 0. The molecule has 1 aromatic rings. The molecule has 1 saturated heterocycles. The normalized spacial score (nSPS) is 20.1. The molecule has 1 N–H and O–H groups in total. The number of hydrogen-bond donors (Lipinski definition) is 1. The van der Waals surface area contributed by atoms with E-state index in [-0.39, 0.29) is 6.54 Å². The lowest BCUT2D eigenvalue weighted by molar-refractivity contribution is 0.0450. The van der Waals surface area contributed by atoms with Crippen molar-refractivity contribution in [2.45, 2.75) is 45.3 Å². The molecule has 7 heteroatoms. The van der Waals surface area contributed by atoms with Gasteiger partial charge < -0.3 is 19.7 Å². The molecule has 7 nitrogen and oxygen atoms in total. The summed E-state index contributed by atoms with van der Waals surface area (Å²) in [5.41, 5.74) is -0.915. The Labute approximate surface area is 147 Å². The molecule has 136 valence electrons. The first-order valence-electron chi connectivity index (χ1n) is 8.15. The van der Waals surface area contributed by atoms with Gasteiger partial charge in [-0.25, -0.2) is 14.4 Å². The number of alkyl carbamates (subject to hydrolysis) is 1. The largest absolute Gasteiger partial charge is 0.444 e. The maximum absolute atomic E-state index is 12.2. The Hall–Kier alpha value is -2.57. The molecule has 1 atom stereocenters. The number of esters is 1. The first kappa shape index (κ1) is 18.8. The van der Waals surface area contributed by atoms with E-state index in [0.29, 0.717) is 18.5 Å². The fourth-order valence-corrected chi connectivity index (χ4v) is 2.55. The molecular formula is C18H24N2O5. The number of hydrogen-bond acceptors (Lipinski definition) is 5. The van der Waals surface area contributed by atoms with Gasteiger partial charge in [-0.05, 0) is 46.2 Å². The average Bonchev–Trinajstić information content (AvgIpc) is 2.88. The van der Waals surface area contributed by atoms with Crippen LogP contribution in [-0.4, -0.2) is 47.3 Å². The second-order valence-electron chi connectivity index (χ2n) is 7.38. The molecule has 1 heterocycles. The van der Waals surface area contributed by atoms with Crippen LogP contribution in [-0.2, 0) is 9.47 Å². The van der Waals surface area contributed by atoms with Crippen molar-refractivity contribution >= 4 is 18.2 Å². The minimum absolute atomic E-state index is 0.243. The van der Waals surface area contributed by atoms with Crippen molar-refractivity contribution in [3.05, 3.63) is 35.9 Å². The van der Waals surface area contributed by atoms with Crippen LogP contribution in [0, 0.1) is 0 Å². The fraction of sp³-hybridized carbons (Fsp3) is 0.500. The molecule has 0 unspecified atom stereocenters. The highest BCUT2D eigenvalue weighted by Crippen LogP contribution is 2.22. The van der Waals surface area contributed by atoms with Crippen molar-refractivity contribution in [2.75, 3.05) is 13.1 Å². The maximum Gasteiger partial charge on any atom is 0.417 e. The Balaban J connectivity index is 1.89. The van der Waals surface area contributed by atoms with Crippen LogP contribution in [0.2, 0.25) is 0 Å². The van der Waals surface area contributed by atoms with Gasteiger partial charge in [0.25, 0.3) is 0 Å². The highest BCUT2D eigenvalue weighted by atomic mass is 16.6. The Morgan fingerprint density at radius 1 is 1.16 bits per heavy atom. The lowest BCUT2D eigenvalue weighted by atomic mass is 10.0. The minimum Gasteiger partial charge on any atom is -0.444 e. The summed E-state index contributed by atoms with van der Waals surface area (Å²) in [6.45, 7) is 7.79. The van der Waals surface area contributed by atoms with Gasteiger partial charge in [-0.15, -0.1) is 0 Å². The van der Waals surface area contributed by atoms with Gasteiger partial charge in [0.1, 0.15) is 5.60 Å². The SMILES string of the molecule is CC(C)(C)OC(=O)N[C@@]1(C)CCN(C(=O)OC(=O)c2ccccc2)C1. The summed E-state index contributed by atoms with van der Waals surface area (Å²) in [4.78, 5) is 37.5. The first-order chi connectivity index (χ1) is 11.6. The molecule has 25 heavy (non-hydrogen) atoms. The highest BCUT2D eigenvalue weighted by molar-refractivity contribution is 5.96. The fourth-order valence-electron chi connectivity index (χ4n) is 2.55. The topological polar surface area (TPSA) is 84.9 Å². The van der Waals surface area contributed by atoms with Crippen LogP contribution in [0.1, 0.15) is 44.5 Å². The van der Waals surface area contributed by atoms with Gasteiger partial charge in [0.2, 0.25) is 0 Å². The molecule has 2 amide bonds. The number of nitrogens with zero attached hydrogens (tertiary/aromatic N) is 1. The van der Waals surface area contributed by atoms with Crippen LogP contribution in [0.15, 0.2) is 30.3 Å². The summed E-state index contributed by atoms with van der Waals surface area (Å²) in [5.74, 6) is -0.695. The standard InChI is InChI=1S/C18H24N2O5/c1-17(2,3)25-15(22)19-18(4)10-11-20(12-18)16(23)24-14(21)13-8-6-5-7-9-13/h5-9H,10-12H2,1-4H3,(H,19,22)/t18-/m0/s1. The van der Waals surface area contributed by atoms with Gasteiger partial charge in [0.05, 0.1) is 11.1 Å². The smallest absolute Gasteiger partial charge is 0.417 e. The third kappa shape index (κ3) is 5.48. The Morgan fingerprint density at radius 2 is 1.80 bits per heavy atom. The van der Waals surface area contributed by atoms with Crippen molar-refractivity contribution in [1.29, 1.82) is 0 Å². The van der Waals surface area contributed by atoms with E-state index >= 15 is 0 Å². The zero-order valence-electron chi connectivity index (χ0n) is 15.0. The molecular weight excluding hydrogens is 324 g/mol. The summed E-state index contributed by atoms with van der Waals surface area (Å²) < 4.78 is 10.1. The number of rotatable bonds is 2. The van der Waals surface area contributed by atoms with E-state index in [1.807, 2.05) is 6.92 Å². The van der Waals surface area contributed by atoms with Crippen molar-refractivity contribution in [3.8, 4) is 0 Å². The maximum atomic E-state index is 12.2. The molecule has 0 aromatic heterocycles. The van der Waals surface area contributed by atoms with Crippen molar-refractivity contribution < 1.29 is 23.9 Å². The van der Waals surface area contributed by atoms with E-state index in [1.165, 1.54) is 4.90 Å². The highest BCUT2D eigenvalue weighted by Gasteiger charge is 2.39. The number of amides is 2. The van der Waals surface area contributed by atoms with Gasteiger partial charge in [0.15, 0.2) is 0 Å². The van der Waals surface area contributed by atoms with Gasteiger partial charge in [-0.1, -0.05) is 18.2 Å². The van der Waals surface area contributed by atoms with Crippen LogP contribution < -0.4 is 5.32 Å². The molecule has 0 bridgehead atoms. The van der Waals surface area contributed by atoms with Crippen LogP contribution in [0.5, 0.6) is 0 Å². The zero-order valence-corrected chi connectivity index (χ0v) is 15.0. The average molecular weight is 348 g/mol. The summed E-state index contributed by atoms with van der Waals surface area (Å²) in [5, 5.41) is 2.79. The number of ether oxygens (including phenoxy) is 2. The molecule has 1 fully saturated rings. The van der Waals surface area contributed by atoms with Crippen LogP contribution >= 0.6 is 0 Å². The van der Waals surface area contributed by atoms with E-state index in [0.717, 1.165) is 0 Å². The minimum atomic E-state index is -0.719. The second-order valence-corrected chi connectivity index (χ2v) is 7.38. The van der Waals surface area contributed by atoms with Crippen molar-refractivity contribution in [2.24, 2.45) is 0 Å². The molecule has 0 saturated carbocycles. The molecule has 0 aliphatic carbocycles. The number of carbonyl (C=O) groups is 3. The predicted molar refractivity (Wildman–Crippen MR) is 91.2 cm³/mol. The Bertz CT molecular complexity index is 653. The number of likely N-dealkylation sites (tertiary alicyclic amines) is 1. The van der Waals surface area contributed by atoms with Gasteiger partial charge in [0, 0.05) is 13.1 Å². The quantitative estimate of drug-likeness (QED) is 0.656. The van der Waals surface area contributed by atoms with Crippen LogP contribution in [0.3, 0.4) is 0 Å². The first-order valence-corrected chi connectivity index (χ1v) is 8.15. The Morgan fingerprint density at radius 3 is 2.40 bits per heavy atom. The van der Waals surface area contributed by atoms with E-state index in [4.69, 9.17) is 9.47 Å². The van der Waals surface area contributed by atoms with Gasteiger partial charge >= 0.3 is 18.2 Å².